The quantitative estimate of drug-likeness (QED) is 0.664. The van der Waals surface area contributed by atoms with E-state index in [4.69, 9.17) is 14.9 Å². The molecule has 9 nitrogen and oxygen atoms in total. The van der Waals surface area contributed by atoms with Crippen molar-refractivity contribution in [1.82, 2.24) is 9.62 Å². The highest BCUT2D eigenvalue weighted by molar-refractivity contribution is 7.89. The van der Waals surface area contributed by atoms with E-state index in [2.05, 4.69) is 5.32 Å². The second-order valence-electron chi connectivity index (χ2n) is 6.19. The fraction of sp³-hybridized carbons (Fsp3) is 0.625. The Morgan fingerprint density at radius 2 is 2.04 bits per heavy atom. The van der Waals surface area contributed by atoms with Crippen molar-refractivity contribution in [3.63, 3.8) is 0 Å². The van der Waals surface area contributed by atoms with E-state index in [0.29, 0.717) is 25.9 Å². The molecule has 0 spiro atoms. The summed E-state index contributed by atoms with van der Waals surface area (Å²) in [7, 11) is -2.83. The maximum atomic E-state index is 13.2. The topological polar surface area (TPSA) is 132 Å². The van der Waals surface area contributed by atoms with Gasteiger partial charge in [0.05, 0.1) is 13.0 Å². The number of piperidine rings is 1. The molecule has 0 bridgehead atoms. The number of nitrogens with two attached hydrogens (primary N) is 1. The third kappa shape index (κ3) is 3.92. The molecule has 0 aromatic carbocycles. The van der Waals surface area contributed by atoms with Gasteiger partial charge in [-0.25, -0.2) is 13.2 Å². The van der Waals surface area contributed by atoms with Gasteiger partial charge in [0.1, 0.15) is 22.0 Å². The minimum atomic E-state index is -4.01. The highest BCUT2D eigenvalue weighted by atomic mass is 32.2. The van der Waals surface area contributed by atoms with Crippen LogP contribution in [0.5, 0.6) is 0 Å². The Balaban J connectivity index is 2.33. The van der Waals surface area contributed by atoms with Gasteiger partial charge >= 0.3 is 5.97 Å². The van der Waals surface area contributed by atoms with E-state index in [1.54, 1.807) is 0 Å². The van der Waals surface area contributed by atoms with E-state index < -0.39 is 21.9 Å². The molecular formula is C16H25N3O6S. The van der Waals surface area contributed by atoms with Crippen LogP contribution in [-0.4, -0.2) is 57.9 Å². The molecule has 146 valence electrons. The van der Waals surface area contributed by atoms with E-state index in [1.165, 1.54) is 25.3 Å². The van der Waals surface area contributed by atoms with Gasteiger partial charge < -0.3 is 20.2 Å². The molecule has 10 heteroatoms. The van der Waals surface area contributed by atoms with Crippen molar-refractivity contribution in [1.29, 1.82) is 0 Å². The lowest BCUT2D eigenvalue weighted by molar-refractivity contribution is -0.126. The van der Waals surface area contributed by atoms with E-state index in [9.17, 15) is 18.0 Å². The number of ether oxygens (including phenoxy) is 1. The summed E-state index contributed by atoms with van der Waals surface area (Å²) in [5.41, 5.74) is 5.28. The molecule has 1 aliphatic rings. The van der Waals surface area contributed by atoms with Crippen LogP contribution in [0, 0.1) is 19.8 Å². The molecule has 1 atom stereocenters. The van der Waals surface area contributed by atoms with E-state index in [-0.39, 0.29) is 41.0 Å². The van der Waals surface area contributed by atoms with Crippen LogP contribution in [0.25, 0.3) is 0 Å². The number of amides is 1. The van der Waals surface area contributed by atoms with Crippen LogP contribution in [0.2, 0.25) is 0 Å². The third-order valence-electron chi connectivity index (χ3n) is 4.39. The first-order chi connectivity index (χ1) is 12.2. The number of sulfonamides is 1. The SMILES string of the molecule is COC(=O)c1c(C)oc(C)c1S(=O)(=O)N1CCCC(C(=O)NCCN)C1. The van der Waals surface area contributed by atoms with Gasteiger partial charge in [0.25, 0.3) is 0 Å². The van der Waals surface area contributed by atoms with Crippen LogP contribution in [0.4, 0.5) is 0 Å². The number of carbonyl (C=O) groups is 2. The van der Waals surface area contributed by atoms with E-state index >= 15 is 0 Å². The van der Waals surface area contributed by atoms with Crippen molar-refractivity contribution in [2.45, 2.75) is 31.6 Å². The molecule has 1 fully saturated rings. The lowest BCUT2D eigenvalue weighted by atomic mass is 9.99. The molecule has 1 aromatic heterocycles. The Labute approximate surface area is 152 Å². The Hall–Kier alpha value is -1.91. The number of nitrogens with one attached hydrogen (secondary N) is 1. The molecule has 2 rings (SSSR count). The molecule has 0 saturated carbocycles. The number of furan rings is 1. The number of carbonyl (C=O) groups excluding carboxylic acids is 2. The van der Waals surface area contributed by atoms with Crippen molar-refractivity contribution in [2.24, 2.45) is 11.7 Å². The predicted octanol–water partition coefficient (Wildman–Crippen LogP) is 0.159. The summed E-state index contributed by atoms with van der Waals surface area (Å²) in [6.07, 6.45) is 1.14. The fourth-order valence-electron chi connectivity index (χ4n) is 3.16. The van der Waals surface area contributed by atoms with Crippen LogP contribution in [0.1, 0.15) is 34.7 Å². The second kappa shape index (κ2) is 8.19. The maximum absolute atomic E-state index is 13.2. The summed E-state index contributed by atoms with van der Waals surface area (Å²) >= 11 is 0. The van der Waals surface area contributed by atoms with E-state index in [1.807, 2.05) is 0 Å². The number of hydrogen-bond acceptors (Lipinski definition) is 7. The summed E-state index contributed by atoms with van der Waals surface area (Å²) in [5.74, 6) is -1.14. The summed E-state index contributed by atoms with van der Waals surface area (Å²) in [5, 5.41) is 2.69. The first-order valence-corrected chi connectivity index (χ1v) is 9.84. The average molecular weight is 387 g/mol. The van der Waals surface area contributed by atoms with Gasteiger partial charge in [-0.3, -0.25) is 4.79 Å². The molecule has 1 amide bonds. The van der Waals surface area contributed by atoms with Gasteiger partial charge in [0.15, 0.2) is 0 Å². The number of esters is 1. The standard InChI is InChI=1S/C16H25N3O6S/c1-10-13(16(21)24-3)14(11(2)25-10)26(22,23)19-8-4-5-12(9-19)15(20)18-7-6-17/h12H,4-9,17H2,1-3H3,(H,18,20). The highest BCUT2D eigenvalue weighted by Crippen LogP contribution is 2.32. The summed E-state index contributed by atoms with van der Waals surface area (Å²) in [4.78, 5) is 24.0. The lowest BCUT2D eigenvalue weighted by Gasteiger charge is -2.31. The molecule has 26 heavy (non-hydrogen) atoms. The van der Waals surface area contributed by atoms with Crippen molar-refractivity contribution in [2.75, 3.05) is 33.3 Å². The highest BCUT2D eigenvalue weighted by Gasteiger charge is 2.39. The molecule has 0 aliphatic carbocycles. The van der Waals surface area contributed by atoms with Gasteiger partial charge in [-0.15, -0.1) is 0 Å². The zero-order chi connectivity index (χ0) is 19.5. The number of hydrogen-bond donors (Lipinski definition) is 2. The van der Waals surface area contributed by atoms with Crippen LogP contribution >= 0.6 is 0 Å². The number of methoxy groups -OCH3 is 1. The average Bonchev–Trinajstić information content (AvgIpc) is 2.93. The molecule has 1 saturated heterocycles. The Bertz CT molecular complexity index is 786. The summed E-state index contributed by atoms with van der Waals surface area (Å²) in [6.45, 7) is 3.97. The Morgan fingerprint density at radius 3 is 2.65 bits per heavy atom. The molecule has 1 aromatic rings. The smallest absolute Gasteiger partial charge is 0.342 e. The van der Waals surface area contributed by atoms with Gasteiger partial charge in [-0.05, 0) is 26.7 Å². The van der Waals surface area contributed by atoms with Crippen molar-refractivity contribution < 1.29 is 27.2 Å². The maximum Gasteiger partial charge on any atom is 0.342 e. The number of aryl methyl sites for hydroxylation is 2. The number of rotatable bonds is 6. The fourth-order valence-corrected chi connectivity index (χ4v) is 5.05. The minimum Gasteiger partial charge on any atom is -0.465 e. The minimum absolute atomic E-state index is 0.0447. The summed E-state index contributed by atoms with van der Waals surface area (Å²) < 4.78 is 37.6. The molecular weight excluding hydrogens is 362 g/mol. The molecule has 3 N–H and O–H groups in total. The Kier molecular flexibility index (Phi) is 6.43. The van der Waals surface area contributed by atoms with Gasteiger partial charge in [0, 0.05) is 26.2 Å². The first-order valence-electron chi connectivity index (χ1n) is 8.40. The predicted molar refractivity (Wildman–Crippen MR) is 93.1 cm³/mol. The largest absolute Gasteiger partial charge is 0.465 e. The lowest BCUT2D eigenvalue weighted by Crippen LogP contribution is -2.46. The van der Waals surface area contributed by atoms with E-state index in [0.717, 1.165) is 0 Å². The molecule has 2 heterocycles. The van der Waals surface area contributed by atoms with Crippen LogP contribution in [-0.2, 0) is 19.6 Å². The monoisotopic (exact) mass is 387 g/mol. The molecule has 0 radical (unpaired) electrons. The number of nitrogens with zero attached hydrogens (tertiary/aromatic N) is 1. The van der Waals surface area contributed by atoms with Gasteiger partial charge in [0.2, 0.25) is 15.9 Å². The van der Waals surface area contributed by atoms with Crippen molar-refractivity contribution >= 4 is 21.9 Å². The molecule has 1 unspecified atom stereocenters. The van der Waals surface area contributed by atoms with Crippen LogP contribution < -0.4 is 11.1 Å². The normalized spacial score (nSPS) is 18.5. The van der Waals surface area contributed by atoms with Crippen LogP contribution in [0.3, 0.4) is 0 Å². The van der Waals surface area contributed by atoms with Gasteiger partial charge in [-0.1, -0.05) is 0 Å². The van der Waals surface area contributed by atoms with Crippen LogP contribution in [0.15, 0.2) is 9.31 Å². The molecule has 1 aliphatic heterocycles. The second-order valence-corrected chi connectivity index (χ2v) is 8.07. The third-order valence-corrected chi connectivity index (χ3v) is 6.41. The zero-order valence-corrected chi connectivity index (χ0v) is 16.0. The summed E-state index contributed by atoms with van der Waals surface area (Å²) in [6, 6.07) is 0. The zero-order valence-electron chi connectivity index (χ0n) is 15.2. The first kappa shape index (κ1) is 20.4. The van der Waals surface area contributed by atoms with Crippen molar-refractivity contribution in [3.8, 4) is 0 Å². The Morgan fingerprint density at radius 1 is 1.35 bits per heavy atom. The van der Waals surface area contributed by atoms with Gasteiger partial charge in [-0.2, -0.15) is 4.31 Å². The van der Waals surface area contributed by atoms with Crippen molar-refractivity contribution in [3.05, 3.63) is 17.1 Å².